The maximum absolute atomic E-state index is 12.5. The smallest absolute Gasteiger partial charge is 0.213 e. The van der Waals surface area contributed by atoms with Gasteiger partial charge < -0.3 is 0 Å². The van der Waals surface area contributed by atoms with Gasteiger partial charge in [0.15, 0.2) is 0 Å². The number of hydrogen-bond donors (Lipinski definition) is 0. The lowest BCUT2D eigenvalue weighted by Gasteiger charge is -2.13. The lowest BCUT2D eigenvalue weighted by molar-refractivity contribution is -0.0426. The highest BCUT2D eigenvalue weighted by atomic mass is 127. The summed E-state index contributed by atoms with van der Waals surface area (Å²) in [6, 6.07) is 4.79. The van der Waals surface area contributed by atoms with E-state index in [-0.39, 0.29) is 3.57 Å². The van der Waals surface area contributed by atoms with Gasteiger partial charge in [0.2, 0.25) is 2.17 Å². The topological polar surface area (TPSA) is 68.3 Å². The minimum Gasteiger partial charge on any atom is -0.213 e. The lowest BCUT2D eigenvalue weighted by Crippen LogP contribution is -2.40. The molecule has 13 heteroatoms. The van der Waals surface area contributed by atoms with Crippen LogP contribution in [0.3, 0.4) is 0 Å². The summed E-state index contributed by atoms with van der Waals surface area (Å²) in [5, 5.41) is 0. The van der Waals surface area contributed by atoms with Crippen LogP contribution in [0.25, 0.3) is 0 Å². The zero-order chi connectivity index (χ0) is 18.3. The normalized spacial score (nSPS) is 13.9. The van der Waals surface area contributed by atoms with Crippen molar-refractivity contribution in [2.24, 2.45) is 0 Å². The molecule has 0 spiro atoms. The molecule has 0 aliphatic heterocycles. The Balaban J connectivity index is 3.75. The Morgan fingerprint density at radius 2 is 1.17 bits per heavy atom. The van der Waals surface area contributed by atoms with Crippen molar-refractivity contribution < 1.29 is 43.2 Å². The van der Waals surface area contributed by atoms with Gasteiger partial charge in [-0.25, -0.2) is 16.8 Å². The van der Waals surface area contributed by atoms with Crippen LogP contribution in [-0.4, -0.2) is 30.0 Å². The molecule has 0 saturated heterocycles. The van der Waals surface area contributed by atoms with E-state index in [1.807, 2.05) is 0 Å². The second kappa shape index (κ2) is 6.31. The molecule has 23 heavy (non-hydrogen) atoms. The van der Waals surface area contributed by atoms with E-state index in [0.29, 0.717) is 5.56 Å². The van der Waals surface area contributed by atoms with Crippen molar-refractivity contribution in [3.63, 3.8) is 0 Å². The number of benzene rings is 1. The summed E-state index contributed by atoms with van der Waals surface area (Å²) in [4.78, 5) is 0. The molecule has 0 fully saturated rings. The molecule has 0 amide bonds. The van der Waals surface area contributed by atoms with Crippen molar-refractivity contribution in [2.45, 2.75) is 17.9 Å². The second-order valence-corrected chi connectivity index (χ2v) is 12.4. The molecule has 0 aromatic heterocycles. The predicted molar refractivity (Wildman–Crippen MR) is 78.9 cm³/mol. The van der Waals surface area contributed by atoms with Gasteiger partial charge in [0.25, 0.3) is 19.7 Å². The van der Waals surface area contributed by atoms with Gasteiger partial charge in [-0.2, -0.15) is 26.3 Å². The van der Waals surface area contributed by atoms with Gasteiger partial charge in [0.05, 0.1) is 0 Å². The third kappa shape index (κ3) is 4.23. The van der Waals surface area contributed by atoms with Gasteiger partial charge in [0.1, 0.15) is 0 Å². The predicted octanol–water partition coefficient (Wildman–Crippen LogP) is 3.09. The van der Waals surface area contributed by atoms with Crippen molar-refractivity contribution in [1.82, 2.24) is 0 Å². The van der Waals surface area contributed by atoms with E-state index < -0.39 is 53.6 Å². The van der Waals surface area contributed by atoms with Crippen LogP contribution in [0.4, 0.5) is 26.3 Å². The van der Waals surface area contributed by atoms with E-state index in [2.05, 4.69) is 0 Å². The molecule has 1 rings (SSSR count). The Labute approximate surface area is 137 Å². The molecule has 0 unspecified atom stereocenters. The number of alkyl halides is 6. The van der Waals surface area contributed by atoms with Crippen LogP contribution in [0.5, 0.6) is 0 Å². The maximum atomic E-state index is 12.5. The third-order valence-electron chi connectivity index (χ3n) is 2.23. The molecule has 0 bridgehead atoms. The van der Waals surface area contributed by atoms with Crippen molar-refractivity contribution in [1.29, 1.82) is 0 Å². The van der Waals surface area contributed by atoms with Crippen molar-refractivity contribution in [3.05, 3.63) is 33.4 Å². The zero-order valence-corrected chi connectivity index (χ0v) is 14.7. The largest absolute Gasteiger partial charge is 0.503 e. The fourth-order valence-corrected chi connectivity index (χ4v) is 9.06. The Hall–Kier alpha value is -0.700. The average Bonchev–Trinajstić information content (AvgIpc) is 2.34. The molecule has 1 aromatic carbocycles. The van der Waals surface area contributed by atoms with E-state index in [1.165, 1.54) is 12.1 Å². The first kappa shape index (κ1) is 20.3. The minimum atomic E-state index is -6.63. The summed E-state index contributed by atoms with van der Waals surface area (Å²) in [5.41, 5.74) is -11.7. The van der Waals surface area contributed by atoms with Crippen molar-refractivity contribution in [2.75, 3.05) is 0 Å². The summed E-state index contributed by atoms with van der Waals surface area (Å²) < 4.78 is 118. The van der Waals surface area contributed by atoms with Gasteiger partial charge in [-0.1, -0.05) is 38.4 Å². The SMILES string of the molecule is Cc1ccc(I=C(S(=O)(=O)C(F)(F)F)S(=O)(=O)C(F)(F)F)cc1. The first-order valence-electron chi connectivity index (χ1n) is 5.32. The van der Waals surface area contributed by atoms with E-state index in [0.717, 1.165) is 12.1 Å². The standard InChI is InChI=1S/C10H7F6IO4S2/c1-6-2-4-7(5-3-6)17-8(22(18,19)9(11,12)13)23(20,21)10(14,15)16/h2-5H,1H3. The summed E-state index contributed by atoms with van der Waals surface area (Å²) in [6.45, 7) is 1.58. The highest BCUT2D eigenvalue weighted by Crippen LogP contribution is 2.36. The van der Waals surface area contributed by atoms with E-state index in [1.54, 1.807) is 6.92 Å². The number of halogens is 7. The number of rotatable bonds is 3. The Kier molecular flexibility index (Phi) is 5.58. The molecule has 0 aliphatic carbocycles. The number of sulfone groups is 2. The van der Waals surface area contributed by atoms with E-state index >= 15 is 0 Å². The molecule has 0 aliphatic rings. The van der Waals surface area contributed by atoms with E-state index in [4.69, 9.17) is 0 Å². The average molecular weight is 496 g/mol. The fourth-order valence-electron chi connectivity index (χ4n) is 1.11. The van der Waals surface area contributed by atoms with Crippen LogP contribution in [0.2, 0.25) is 0 Å². The molecule has 0 saturated carbocycles. The van der Waals surface area contributed by atoms with Gasteiger partial charge >= 0.3 is 11.0 Å². The molecule has 0 heterocycles. The zero-order valence-electron chi connectivity index (χ0n) is 10.9. The van der Waals surface area contributed by atoms with Crippen LogP contribution >= 0.6 is 20.7 Å². The van der Waals surface area contributed by atoms with Crippen molar-refractivity contribution >= 4 is 42.6 Å². The molecule has 1 aromatic rings. The van der Waals surface area contributed by atoms with Crippen LogP contribution in [-0.2, 0) is 19.7 Å². The molecular formula is C10H7F6IO4S2. The Morgan fingerprint density at radius 3 is 1.48 bits per heavy atom. The molecular weight excluding hydrogens is 489 g/mol. The van der Waals surface area contributed by atoms with Crippen LogP contribution in [0, 0.1) is 10.5 Å². The second-order valence-electron chi connectivity index (χ2n) is 4.03. The highest BCUT2D eigenvalue weighted by molar-refractivity contribution is 14.2. The van der Waals surface area contributed by atoms with Gasteiger partial charge in [0, 0.05) is 3.57 Å². The molecule has 0 atom stereocenters. The quantitative estimate of drug-likeness (QED) is 0.477. The fraction of sp³-hybridized carbons (Fsp3) is 0.300. The first-order chi connectivity index (χ1) is 10.1. The van der Waals surface area contributed by atoms with Crippen LogP contribution in [0.15, 0.2) is 24.3 Å². The number of hydrogen-bond acceptors (Lipinski definition) is 4. The first-order valence-corrected chi connectivity index (χ1v) is 10.4. The van der Waals surface area contributed by atoms with E-state index in [9.17, 15) is 43.2 Å². The van der Waals surface area contributed by atoms with Crippen molar-refractivity contribution in [3.8, 4) is 0 Å². The highest BCUT2D eigenvalue weighted by Gasteiger charge is 2.60. The van der Waals surface area contributed by atoms with Crippen LogP contribution < -0.4 is 0 Å². The van der Waals surface area contributed by atoms with Gasteiger partial charge in [-0.15, -0.1) is 0 Å². The van der Waals surface area contributed by atoms with Crippen LogP contribution in [0.1, 0.15) is 5.56 Å². The summed E-state index contributed by atoms with van der Waals surface area (Å²) in [6.07, 6.45) is 0. The summed E-state index contributed by atoms with van der Waals surface area (Å²) in [7, 11) is -13.3. The Morgan fingerprint density at radius 1 is 0.826 bits per heavy atom. The molecule has 4 nitrogen and oxygen atoms in total. The molecule has 132 valence electrons. The minimum absolute atomic E-state index is 0.218. The lowest BCUT2D eigenvalue weighted by atomic mass is 10.2. The third-order valence-corrected chi connectivity index (χ3v) is 11.9. The number of aryl methyl sites for hydroxylation is 1. The summed E-state index contributed by atoms with van der Waals surface area (Å²) >= 11 is -2.76. The maximum Gasteiger partial charge on any atom is 0.503 e. The Bertz CT molecular complexity index is 774. The van der Waals surface area contributed by atoms with Gasteiger partial charge in [-0.3, -0.25) is 0 Å². The monoisotopic (exact) mass is 496 g/mol. The molecule has 0 N–H and O–H groups in total. The molecule has 0 radical (unpaired) electrons. The summed E-state index contributed by atoms with van der Waals surface area (Å²) in [5.74, 6) is 0. The van der Waals surface area contributed by atoms with Gasteiger partial charge in [-0.05, 0) is 19.1 Å².